The molecule has 0 aliphatic heterocycles. The Hall–Kier alpha value is -1.38. The fourth-order valence-electron chi connectivity index (χ4n) is 1.55. The largest absolute Gasteiger partial charge is 0.308 e. The van der Waals surface area contributed by atoms with Crippen molar-refractivity contribution in [3.05, 3.63) is 59.3 Å². The molecule has 0 saturated carbocycles. The van der Waals surface area contributed by atoms with Gasteiger partial charge in [0.1, 0.15) is 0 Å². The van der Waals surface area contributed by atoms with Crippen LogP contribution in [0.5, 0.6) is 0 Å². The molecule has 1 aromatic carbocycles. The van der Waals surface area contributed by atoms with Crippen molar-refractivity contribution in [1.82, 2.24) is 5.32 Å². The van der Waals surface area contributed by atoms with Crippen LogP contribution in [0.15, 0.2) is 54.4 Å². The third-order valence-electron chi connectivity index (χ3n) is 2.35. The molecular formula is C14H15NS. The lowest BCUT2D eigenvalue weighted by Gasteiger charge is -1.97. The minimum absolute atomic E-state index is 0.860. The van der Waals surface area contributed by atoms with Gasteiger partial charge < -0.3 is 5.32 Å². The van der Waals surface area contributed by atoms with Gasteiger partial charge in [-0.3, -0.25) is 0 Å². The maximum Gasteiger partial charge on any atom is 0.0302 e. The highest BCUT2D eigenvalue weighted by Crippen LogP contribution is 2.25. The van der Waals surface area contributed by atoms with E-state index in [1.165, 1.54) is 16.0 Å². The van der Waals surface area contributed by atoms with E-state index < -0.39 is 0 Å². The van der Waals surface area contributed by atoms with Gasteiger partial charge in [0.05, 0.1) is 0 Å². The summed E-state index contributed by atoms with van der Waals surface area (Å²) in [4.78, 5) is 1.36. The van der Waals surface area contributed by atoms with Crippen molar-refractivity contribution in [2.75, 3.05) is 6.54 Å². The summed E-state index contributed by atoms with van der Waals surface area (Å²) >= 11 is 1.80. The van der Waals surface area contributed by atoms with Crippen LogP contribution in [0, 0.1) is 0 Å². The summed E-state index contributed by atoms with van der Waals surface area (Å²) in [7, 11) is 0. The fourth-order valence-corrected chi connectivity index (χ4v) is 2.42. The smallest absolute Gasteiger partial charge is 0.0302 e. The van der Waals surface area contributed by atoms with E-state index in [-0.39, 0.29) is 0 Å². The number of thiophene rings is 1. The van der Waals surface area contributed by atoms with Crippen molar-refractivity contribution in [2.24, 2.45) is 0 Å². The standard InChI is InChI=1S/C14H15NS/c1-2-8-15-10-14-9-13(11-16-14)12-6-4-3-5-7-12/h2-7,9,11,15H,1,8,10H2. The van der Waals surface area contributed by atoms with E-state index in [4.69, 9.17) is 0 Å². The fraction of sp³-hybridized carbons (Fsp3) is 0.143. The molecule has 1 aromatic heterocycles. The molecule has 0 saturated heterocycles. The quantitative estimate of drug-likeness (QED) is 0.609. The Balaban J connectivity index is 2.05. The van der Waals surface area contributed by atoms with Crippen LogP contribution in [0.1, 0.15) is 4.88 Å². The van der Waals surface area contributed by atoms with E-state index in [9.17, 15) is 0 Å². The van der Waals surface area contributed by atoms with Gasteiger partial charge in [-0.25, -0.2) is 0 Å². The van der Waals surface area contributed by atoms with E-state index >= 15 is 0 Å². The summed E-state index contributed by atoms with van der Waals surface area (Å²) in [5.41, 5.74) is 2.59. The number of nitrogens with one attached hydrogen (secondary N) is 1. The van der Waals surface area contributed by atoms with Crippen molar-refractivity contribution >= 4 is 11.3 Å². The topological polar surface area (TPSA) is 12.0 Å². The van der Waals surface area contributed by atoms with Crippen LogP contribution in [0.3, 0.4) is 0 Å². The Morgan fingerprint density at radius 1 is 1.19 bits per heavy atom. The zero-order chi connectivity index (χ0) is 11.2. The molecular weight excluding hydrogens is 214 g/mol. The van der Waals surface area contributed by atoms with E-state index in [1.54, 1.807) is 11.3 Å². The Bertz CT molecular complexity index is 445. The predicted molar refractivity (Wildman–Crippen MR) is 71.7 cm³/mol. The molecule has 1 nitrogen and oxygen atoms in total. The minimum atomic E-state index is 0.860. The molecule has 2 aromatic rings. The first kappa shape index (κ1) is 11.1. The maximum absolute atomic E-state index is 3.69. The van der Waals surface area contributed by atoms with Crippen LogP contribution < -0.4 is 5.32 Å². The molecule has 0 atom stereocenters. The van der Waals surface area contributed by atoms with Gasteiger partial charge in [0.25, 0.3) is 0 Å². The van der Waals surface area contributed by atoms with Crippen molar-refractivity contribution in [3.63, 3.8) is 0 Å². The molecule has 0 amide bonds. The van der Waals surface area contributed by atoms with Gasteiger partial charge in [0.15, 0.2) is 0 Å². The lowest BCUT2D eigenvalue weighted by Crippen LogP contribution is -2.11. The van der Waals surface area contributed by atoms with Crippen LogP contribution >= 0.6 is 11.3 Å². The van der Waals surface area contributed by atoms with Crippen LogP contribution in [0.25, 0.3) is 11.1 Å². The molecule has 82 valence electrons. The SMILES string of the molecule is C=CCNCc1cc(-c2ccccc2)cs1. The van der Waals surface area contributed by atoms with Crippen molar-refractivity contribution in [2.45, 2.75) is 6.54 Å². The molecule has 0 fully saturated rings. The molecule has 2 heteroatoms. The average Bonchev–Trinajstić information content (AvgIpc) is 2.79. The van der Waals surface area contributed by atoms with Crippen LogP contribution in [-0.4, -0.2) is 6.54 Å². The third-order valence-corrected chi connectivity index (χ3v) is 3.29. The highest BCUT2D eigenvalue weighted by atomic mass is 32.1. The lowest BCUT2D eigenvalue weighted by atomic mass is 10.1. The van der Waals surface area contributed by atoms with E-state index in [1.807, 2.05) is 12.1 Å². The zero-order valence-corrected chi connectivity index (χ0v) is 9.96. The number of benzene rings is 1. The summed E-state index contributed by atoms with van der Waals surface area (Å²) in [6, 6.07) is 12.7. The second kappa shape index (κ2) is 5.64. The molecule has 0 radical (unpaired) electrons. The van der Waals surface area contributed by atoms with E-state index in [0.717, 1.165) is 13.1 Å². The van der Waals surface area contributed by atoms with E-state index in [0.29, 0.717) is 0 Å². The normalized spacial score (nSPS) is 10.2. The third kappa shape index (κ3) is 2.81. The zero-order valence-electron chi connectivity index (χ0n) is 9.15. The highest BCUT2D eigenvalue weighted by Gasteiger charge is 2.01. The molecule has 1 heterocycles. The van der Waals surface area contributed by atoms with Gasteiger partial charge in [-0.2, -0.15) is 0 Å². The second-order valence-corrected chi connectivity index (χ2v) is 4.58. The molecule has 0 aliphatic rings. The first-order valence-electron chi connectivity index (χ1n) is 5.34. The molecule has 0 unspecified atom stereocenters. The average molecular weight is 229 g/mol. The first-order valence-corrected chi connectivity index (χ1v) is 6.22. The van der Waals surface area contributed by atoms with E-state index in [2.05, 4.69) is 47.6 Å². The lowest BCUT2D eigenvalue weighted by molar-refractivity contribution is 0.771. The van der Waals surface area contributed by atoms with Gasteiger partial charge in [-0.15, -0.1) is 17.9 Å². The van der Waals surface area contributed by atoms with Gasteiger partial charge in [-0.1, -0.05) is 36.4 Å². The Labute approximate surface area is 100 Å². The number of hydrogen-bond donors (Lipinski definition) is 1. The Morgan fingerprint density at radius 3 is 2.75 bits per heavy atom. The Morgan fingerprint density at radius 2 is 2.00 bits per heavy atom. The summed E-state index contributed by atoms with van der Waals surface area (Å²) in [5.74, 6) is 0. The van der Waals surface area contributed by atoms with Crippen LogP contribution in [0.2, 0.25) is 0 Å². The molecule has 2 rings (SSSR count). The maximum atomic E-state index is 3.69. The first-order chi connectivity index (χ1) is 7.90. The molecule has 0 aliphatic carbocycles. The monoisotopic (exact) mass is 229 g/mol. The van der Waals surface area contributed by atoms with Crippen molar-refractivity contribution in [3.8, 4) is 11.1 Å². The Kier molecular flexibility index (Phi) is 3.91. The predicted octanol–water partition coefficient (Wildman–Crippen LogP) is 3.69. The molecule has 16 heavy (non-hydrogen) atoms. The van der Waals surface area contributed by atoms with Crippen molar-refractivity contribution in [1.29, 1.82) is 0 Å². The number of hydrogen-bond acceptors (Lipinski definition) is 2. The van der Waals surface area contributed by atoms with Gasteiger partial charge in [0, 0.05) is 18.0 Å². The van der Waals surface area contributed by atoms with Gasteiger partial charge in [-0.05, 0) is 22.6 Å². The van der Waals surface area contributed by atoms with Crippen molar-refractivity contribution < 1.29 is 0 Å². The summed E-state index contributed by atoms with van der Waals surface area (Å²) in [5, 5.41) is 5.52. The van der Waals surface area contributed by atoms with Crippen LogP contribution in [-0.2, 0) is 6.54 Å². The van der Waals surface area contributed by atoms with Crippen LogP contribution in [0.4, 0.5) is 0 Å². The highest BCUT2D eigenvalue weighted by molar-refractivity contribution is 7.10. The number of rotatable bonds is 5. The molecule has 1 N–H and O–H groups in total. The van der Waals surface area contributed by atoms with Gasteiger partial charge >= 0.3 is 0 Å². The minimum Gasteiger partial charge on any atom is -0.308 e. The second-order valence-electron chi connectivity index (χ2n) is 3.59. The summed E-state index contributed by atoms with van der Waals surface area (Å²) < 4.78 is 0. The summed E-state index contributed by atoms with van der Waals surface area (Å²) in [6.45, 7) is 5.47. The molecule has 0 spiro atoms. The van der Waals surface area contributed by atoms with Gasteiger partial charge in [0.2, 0.25) is 0 Å². The summed E-state index contributed by atoms with van der Waals surface area (Å²) in [6.07, 6.45) is 1.88. The molecule has 0 bridgehead atoms.